The molecule has 0 saturated heterocycles. The Kier molecular flexibility index (Phi) is 1.77. The van der Waals surface area contributed by atoms with Crippen LogP contribution in [0.2, 0.25) is 0 Å². The molecule has 0 bridgehead atoms. The van der Waals surface area contributed by atoms with E-state index in [1.807, 2.05) is 10.6 Å². The van der Waals surface area contributed by atoms with Crippen molar-refractivity contribution < 1.29 is 4.74 Å². The van der Waals surface area contributed by atoms with Crippen LogP contribution in [0.1, 0.15) is 19.3 Å². The number of aromatic nitrogens is 3. The van der Waals surface area contributed by atoms with Gasteiger partial charge in [-0.3, -0.25) is 4.40 Å². The van der Waals surface area contributed by atoms with Crippen molar-refractivity contribution in [2.75, 3.05) is 5.73 Å². The smallest absolute Gasteiger partial charge is 0.260 e. The SMILES string of the molecule is Nc1cn2ccnc2c(OC2CCC2)n1. The summed E-state index contributed by atoms with van der Waals surface area (Å²) < 4.78 is 7.56. The monoisotopic (exact) mass is 204 g/mol. The topological polar surface area (TPSA) is 65.4 Å². The van der Waals surface area contributed by atoms with Crippen molar-refractivity contribution in [2.24, 2.45) is 0 Å². The number of nitrogens with two attached hydrogens (primary N) is 1. The number of hydrogen-bond donors (Lipinski definition) is 1. The molecule has 5 heteroatoms. The first-order valence-electron chi connectivity index (χ1n) is 5.09. The first kappa shape index (κ1) is 8.52. The lowest BCUT2D eigenvalue weighted by molar-refractivity contribution is 0.116. The van der Waals surface area contributed by atoms with E-state index in [1.54, 1.807) is 12.4 Å². The number of nitrogens with zero attached hydrogens (tertiary/aromatic N) is 3. The highest BCUT2D eigenvalue weighted by Gasteiger charge is 2.21. The fourth-order valence-electron chi connectivity index (χ4n) is 1.65. The third-order valence-corrected chi connectivity index (χ3v) is 2.69. The predicted molar refractivity (Wildman–Crippen MR) is 55.7 cm³/mol. The summed E-state index contributed by atoms with van der Waals surface area (Å²) in [7, 11) is 0. The maximum atomic E-state index is 5.73. The van der Waals surface area contributed by atoms with Gasteiger partial charge in [0.15, 0.2) is 0 Å². The Morgan fingerprint density at radius 2 is 2.33 bits per heavy atom. The fraction of sp³-hybridized carbons (Fsp3) is 0.400. The van der Waals surface area contributed by atoms with Crippen LogP contribution in [0.4, 0.5) is 5.82 Å². The van der Waals surface area contributed by atoms with Gasteiger partial charge in [-0.2, -0.15) is 4.98 Å². The van der Waals surface area contributed by atoms with Crippen molar-refractivity contribution in [3.05, 3.63) is 18.6 Å². The average molecular weight is 204 g/mol. The zero-order chi connectivity index (χ0) is 10.3. The summed E-state index contributed by atoms with van der Waals surface area (Å²) in [5.74, 6) is 1.000. The fourth-order valence-corrected chi connectivity index (χ4v) is 1.65. The van der Waals surface area contributed by atoms with E-state index >= 15 is 0 Å². The van der Waals surface area contributed by atoms with Crippen molar-refractivity contribution in [2.45, 2.75) is 25.4 Å². The zero-order valence-electron chi connectivity index (χ0n) is 8.26. The van der Waals surface area contributed by atoms with E-state index in [2.05, 4.69) is 9.97 Å². The van der Waals surface area contributed by atoms with Gasteiger partial charge in [0.25, 0.3) is 5.88 Å². The highest BCUT2D eigenvalue weighted by atomic mass is 16.5. The summed E-state index contributed by atoms with van der Waals surface area (Å²) in [6.07, 6.45) is 9.01. The Morgan fingerprint density at radius 3 is 3.07 bits per heavy atom. The Balaban J connectivity index is 2.02. The zero-order valence-corrected chi connectivity index (χ0v) is 8.26. The summed E-state index contributed by atoms with van der Waals surface area (Å²) in [6.45, 7) is 0. The molecule has 0 amide bonds. The second-order valence-electron chi connectivity index (χ2n) is 3.80. The lowest BCUT2D eigenvalue weighted by Crippen LogP contribution is -2.25. The normalized spacial score (nSPS) is 16.5. The molecule has 2 aromatic heterocycles. The molecule has 15 heavy (non-hydrogen) atoms. The van der Waals surface area contributed by atoms with E-state index in [4.69, 9.17) is 10.5 Å². The van der Waals surface area contributed by atoms with Crippen LogP contribution in [0.25, 0.3) is 5.65 Å². The van der Waals surface area contributed by atoms with Crippen LogP contribution in [-0.2, 0) is 0 Å². The number of ether oxygens (including phenoxy) is 1. The minimum absolute atomic E-state index is 0.291. The third kappa shape index (κ3) is 1.40. The van der Waals surface area contributed by atoms with E-state index in [1.165, 1.54) is 6.42 Å². The Hall–Kier alpha value is -1.78. The average Bonchev–Trinajstić information content (AvgIpc) is 2.58. The molecule has 0 radical (unpaired) electrons. The lowest BCUT2D eigenvalue weighted by atomic mass is 9.96. The Bertz CT molecular complexity index is 489. The predicted octanol–water partition coefficient (Wildman–Crippen LogP) is 1.24. The minimum atomic E-state index is 0.291. The van der Waals surface area contributed by atoms with Crippen molar-refractivity contribution in [1.29, 1.82) is 0 Å². The standard InChI is InChI=1S/C10H12N4O/c11-8-6-14-5-4-12-9(14)10(13-8)15-7-2-1-3-7/h4-7H,1-3,11H2. The molecule has 1 aliphatic rings. The van der Waals surface area contributed by atoms with Gasteiger partial charge in [0, 0.05) is 12.4 Å². The molecule has 1 fully saturated rings. The van der Waals surface area contributed by atoms with Crippen molar-refractivity contribution in [1.82, 2.24) is 14.4 Å². The van der Waals surface area contributed by atoms with Crippen LogP contribution in [0, 0.1) is 0 Å². The van der Waals surface area contributed by atoms with E-state index in [-0.39, 0.29) is 0 Å². The number of rotatable bonds is 2. The molecule has 1 saturated carbocycles. The molecule has 2 heterocycles. The summed E-state index contributed by atoms with van der Waals surface area (Å²) in [4.78, 5) is 8.36. The summed E-state index contributed by atoms with van der Waals surface area (Å²) in [5, 5.41) is 0. The molecule has 0 aromatic carbocycles. The van der Waals surface area contributed by atoms with Gasteiger partial charge in [0.05, 0.1) is 6.20 Å². The summed E-state index contributed by atoms with van der Waals surface area (Å²) >= 11 is 0. The minimum Gasteiger partial charge on any atom is -0.472 e. The second-order valence-corrected chi connectivity index (χ2v) is 3.80. The van der Waals surface area contributed by atoms with Crippen LogP contribution in [0.15, 0.2) is 18.6 Å². The molecule has 3 rings (SSSR count). The maximum absolute atomic E-state index is 5.73. The number of hydrogen-bond acceptors (Lipinski definition) is 4. The molecule has 2 N–H and O–H groups in total. The third-order valence-electron chi connectivity index (χ3n) is 2.69. The highest BCUT2D eigenvalue weighted by Crippen LogP contribution is 2.26. The highest BCUT2D eigenvalue weighted by molar-refractivity contribution is 5.52. The van der Waals surface area contributed by atoms with Gasteiger partial charge in [0.1, 0.15) is 11.9 Å². The molecule has 5 nitrogen and oxygen atoms in total. The van der Waals surface area contributed by atoms with Crippen LogP contribution in [0.5, 0.6) is 5.88 Å². The number of imidazole rings is 1. The second kappa shape index (κ2) is 3.12. The van der Waals surface area contributed by atoms with Gasteiger partial charge >= 0.3 is 0 Å². The molecule has 0 atom stereocenters. The van der Waals surface area contributed by atoms with E-state index in [9.17, 15) is 0 Å². The molecular weight excluding hydrogens is 192 g/mol. The molecule has 0 aliphatic heterocycles. The van der Waals surface area contributed by atoms with Crippen LogP contribution >= 0.6 is 0 Å². The molecular formula is C10H12N4O. The quantitative estimate of drug-likeness (QED) is 0.799. The van der Waals surface area contributed by atoms with E-state index < -0.39 is 0 Å². The number of anilines is 1. The van der Waals surface area contributed by atoms with Crippen LogP contribution < -0.4 is 10.5 Å². The van der Waals surface area contributed by atoms with Gasteiger partial charge in [-0.25, -0.2) is 4.98 Å². The Labute approximate surface area is 86.9 Å². The summed E-state index contributed by atoms with van der Waals surface area (Å²) in [5.41, 5.74) is 6.41. The molecule has 1 aliphatic carbocycles. The van der Waals surface area contributed by atoms with Crippen molar-refractivity contribution >= 4 is 11.5 Å². The maximum Gasteiger partial charge on any atom is 0.260 e. The van der Waals surface area contributed by atoms with E-state index in [0.717, 1.165) is 18.5 Å². The van der Waals surface area contributed by atoms with Crippen molar-refractivity contribution in [3.63, 3.8) is 0 Å². The molecule has 0 spiro atoms. The van der Waals surface area contributed by atoms with Gasteiger partial charge in [-0.1, -0.05) is 0 Å². The van der Waals surface area contributed by atoms with Crippen molar-refractivity contribution in [3.8, 4) is 5.88 Å². The largest absolute Gasteiger partial charge is 0.472 e. The first-order chi connectivity index (χ1) is 7.33. The van der Waals surface area contributed by atoms with Gasteiger partial charge < -0.3 is 10.5 Å². The Morgan fingerprint density at radius 1 is 1.47 bits per heavy atom. The summed E-state index contributed by atoms with van der Waals surface area (Å²) in [6, 6.07) is 0. The molecule has 78 valence electrons. The lowest BCUT2D eigenvalue weighted by Gasteiger charge is -2.25. The van der Waals surface area contributed by atoms with Gasteiger partial charge in [0.2, 0.25) is 5.65 Å². The van der Waals surface area contributed by atoms with E-state index in [0.29, 0.717) is 17.8 Å². The van der Waals surface area contributed by atoms with Gasteiger partial charge in [-0.15, -0.1) is 0 Å². The van der Waals surface area contributed by atoms with Gasteiger partial charge in [-0.05, 0) is 19.3 Å². The molecule has 0 unspecified atom stereocenters. The number of nitrogen functional groups attached to an aromatic ring is 1. The number of fused-ring (bicyclic) bond motifs is 1. The first-order valence-corrected chi connectivity index (χ1v) is 5.09. The van der Waals surface area contributed by atoms with Crippen LogP contribution in [0.3, 0.4) is 0 Å². The van der Waals surface area contributed by atoms with Crippen LogP contribution in [-0.4, -0.2) is 20.5 Å². The molecule has 2 aromatic rings.